The summed E-state index contributed by atoms with van der Waals surface area (Å²) in [6.45, 7) is 1.12. The van der Waals surface area contributed by atoms with Crippen LogP contribution in [0.25, 0.3) is 5.69 Å². The van der Waals surface area contributed by atoms with Gasteiger partial charge >= 0.3 is 0 Å². The van der Waals surface area contributed by atoms with Crippen LogP contribution in [0.5, 0.6) is 0 Å². The van der Waals surface area contributed by atoms with Crippen LogP contribution in [0.2, 0.25) is 0 Å². The molecule has 1 aromatic carbocycles. The molecule has 2 aromatic rings. The zero-order valence-corrected chi connectivity index (χ0v) is 12.4. The molecule has 1 heterocycles. The van der Waals surface area contributed by atoms with E-state index in [2.05, 4.69) is 44.7 Å². The van der Waals surface area contributed by atoms with Crippen LogP contribution < -0.4 is 5.32 Å². The van der Waals surface area contributed by atoms with Crippen LogP contribution in [0.3, 0.4) is 0 Å². The van der Waals surface area contributed by atoms with Crippen molar-refractivity contribution in [2.75, 3.05) is 6.54 Å². The third-order valence-corrected chi connectivity index (χ3v) is 3.91. The van der Waals surface area contributed by atoms with Crippen molar-refractivity contribution in [2.45, 2.75) is 31.7 Å². The predicted octanol–water partition coefficient (Wildman–Crippen LogP) is 3.32. The van der Waals surface area contributed by atoms with Crippen LogP contribution >= 0.6 is 15.9 Å². The van der Waals surface area contributed by atoms with E-state index in [4.69, 9.17) is 0 Å². The SMILES string of the molecule is Brc1ccc(-n2cc(CCCNC3CC3)cn2)cc1. The van der Waals surface area contributed by atoms with E-state index in [0.29, 0.717) is 0 Å². The molecule has 0 saturated heterocycles. The van der Waals surface area contributed by atoms with Crippen molar-refractivity contribution in [2.24, 2.45) is 0 Å². The van der Waals surface area contributed by atoms with E-state index >= 15 is 0 Å². The second-order valence-corrected chi connectivity index (χ2v) is 6.02. The average molecular weight is 320 g/mol. The molecule has 100 valence electrons. The Morgan fingerprint density at radius 3 is 2.79 bits per heavy atom. The first-order valence-corrected chi connectivity index (χ1v) is 7.63. The zero-order chi connectivity index (χ0) is 13.1. The van der Waals surface area contributed by atoms with Crippen molar-refractivity contribution < 1.29 is 0 Å². The van der Waals surface area contributed by atoms with E-state index in [1.807, 2.05) is 23.0 Å². The molecule has 0 spiro atoms. The van der Waals surface area contributed by atoms with Crippen LogP contribution in [0.15, 0.2) is 41.1 Å². The Bertz CT molecular complexity index is 529. The summed E-state index contributed by atoms with van der Waals surface area (Å²) in [4.78, 5) is 0. The Kier molecular flexibility index (Phi) is 3.99. The Morgan fingerprint density at radius 1 is 1.26 bits per heavy atom. The summed E-state index contributed by atoms with van der Waals surface area (Å²) in [7, 11) is 0. The maximum atomic E-state index is 4.42. The van der Waals surface area contributed by atoms with Gasteiger partial charge in [0.15, 0.2) is 0 Å². The molecule has 0 amide bonds. The molecular formula is C15H18BrN3. The maximum Gasteiger partial charge on any atom is 0.0646 e. The number of aromatic nitrogens is 2. The number of aryl methyl sites for hydroxylation is 1. The minimum Gasteiger partial charge on any atom is -0.314 e. The summed E-state index contributed by atoms with van der Waals surface area (Å²) < 4.78 is 3.03. The number of hydrogen-bond donors (Lipinski definition) is 1. The van der Waals surface area contributed by atoms with E-state index in [0.717, 1.165) is 29.2 Å². The fourth-order valence-corrected chi connectivity index (χ4v) is 2.37. The highest BCUT2D eigenvalue weighted by atomic mass is 79.9. The summed E-state index contributed by atoms with van der Waals surface area (Å²) in [5.74, 6) is 0. The molecule has 19 heavy (non-hydrogen) atoms. The highest BCUT2D eigenvalue weighted by Crippen LogP contribution is 2.18. The standard InChI is InChI=1S/C15H18BrN3/c16-13-3-7-15(8-4-13)19-11-12(10-18-19)2-1-9-17-14-5-6-14/h3-4,7-8,10-11,14,17H,1-2,5-6,9H2. The summed E-state index contributed by atoms with van der Waals surface area (Å²) in [6, 6.07) is 9.02. The van der Waals surface area contributed by atoms with E-state index in [-0.39, 0.29) is 0 Å². The highest BCUT2D eigenvalue weighted by molar-refractivity contribution is 9.10. The predicted molar refractivity (Wildman–Crippen MR) is 80.6 cm³/mol. The van der Waals surface area contributed by atoms with Crippen molar-refractivity contribution in [3.05, 3.63) is 46.7 Å². The number of rotatable bonds is 6. The number of hydrogen-bond acceptors (Lipinski definition) is 2. The summed E-state index contributed by atoms with van der Waals surface area (Å²) >= 11 is 3.45. The summed E-state index contributed by atoms with van der Waals surface area (Å²) in [5, 5.41) is 7.96. The first-order valence-electron chi connectivity index (χ1n) is 6.84. The lowest BCUT2D eigenvalue weighted by atomic mass is 10.2. The van der Waals surface area contributed by atoms with Gasteiger partial charge in [-0.2, -0.15) is 5.10 Å². The molecule has 1 N–H and O–H groups in total. The lowest BCUT2D eigenvalue weighted by Crippen LogP contribution is -2.17. The molecule has 0 bridgehead atoms. The second-order valence-electron chi connectivity index (χ2n) is 5.10. The van der Waals surface area contributed by atoms with Gasteiger partial charge in [-0.3, -0.25) is 0 Å². The Labute approximate surface area is 122 Å². The minimum absolute atomic E-state index is 0.811. The molecule has 3 nitrogen and oxygen atoms in total. The van der Waals surface area contributed by atoms with Crippen molar-refractivity contribution in [1.29, 1.82) is 0 Å². The van der Waals surface area contributed by atoms with Gasteiger partial charge in [0.2, 0.25) is 0 Å². The molecule has 1 saturated carbocycles. The highest BCUT2D eigenvalue weighted by Gasteiger charge is 2.19. The third kappa shape index (κ3) is 3.67. The van der Waals surface area contributed by atoms with Gasteiger partial charge in [0.1, 0.15) is 0 Å². The molecule has 4 heteroatoms. The zero-order valence-electron chi connectivity index (χ0n) is 10.8. The maximum absolute atomic E-state index is 4.42. The van der Waals surface area contributed by atoms with Crippen molar-refractivity contribution in [3.63, 3.8) is 0 Å². The largest absolute Gasteiger partial charge is 0.314 e. The molecule has 3 rings (SSSR count). The molecular weight excluding hydrogens is 302 g/mol. The second kappa shape index (κ2) is 5.88. The fourth-order valence-electron chi connectivity index (χ4n) is 2.11. The van der Waals surface area contributed by atoms with E-state index in [1.165, 1.54) is 24.8 Å². The van der Waals surface area contributed by atoms with Crippen LogP contribution in [0, 0.1) is 0 Å². The van der Waals surface area contributed by atoms with Crippen molar-refractivity contribution >= 4 is 15.9 Å². The minimum atomic E-state index is 0.811. The first-order chi connectivity index (χ1) is 9.31. The van der Waals surface area contributed by atoms with Gasteiger partial charge in [0.25, 0.3) is 0 Å². The fraction of sp³-hybridized carbons (Fsp3) is 0.400. The van der Waals surface area contributed by atoms with Gasteiger partial charge in [0, 0.05) is 16.7 Å². The molecule has 1 fully saturated rings. The Morgan fingerprint density at radius 2 is 2.05 bits per heavy atom. The number of halogens is 1. The lowest BCUT2D eigenvalue weighted by molar-refractivity contribution is 0.645. The van der Waals surface area contributed by atoms with Crippen LogP contribution in [0.4, 0.5) is 0 Å². The van der Waals surface area contributed by atoms with Crippen LogP contribution in [-0.4, -0.2) is 22.4 Å². The number of benzene rings is 1. The van der Waals surface area contributed by atoms with Gasteiger partial charge in [-0.25, -0.2) is 4.68 Å². The number of nitrogens with zero attached hydrogens (tertiary/aromatic N) is 2. The van der Waals surface area contributed by atoms with Crippen LogP contribution in [0.1, 0.15) is 24.8 Å². The molecule has 0 aliphatic heterocycles. The summed E-state index contributed by atoms with van der Waals surface area (Å²) in [5.41, 5.74) is 2.41. The molecule has 0 unspecified atom stereocenters. The monoisotopic (exact) mass is 319 g/mol. The average Bonchev–Trinajstić information content (AvgIpc) is 3.13. The molecule has 1 aliphatic carbocycles. The lowest BCUT2D eigenvalue weighted by Gasteiger charge is -2.01. The van der Waals surface area contributed by atoms with Crippen molar-refractivity contribution in [1.82, 2.24) is 15.1 Å². The van der Waals surface area contributed by atoms with E-state index in [9.17, 15) is 0 Å². The quantitative estimate of drug-likeness (QED) is 0.828. The molecule has 0 atom stereocenters. The van der Waals surface area contributed by atoms with Gasteiger partial charge in [-0.15, -0.1) is 0 Å². The molecule has 1 aliphatic rings. The van der Waals surface area contributed by atoms with Gasteiger partial charge in [-0.1, -0.05) is 15.9 Å². The molecule has 0 radical (unpaired) electrons. The third-order valence-electron chi connectivity index (χ3n) is 3.38. The van der Waals surface area contributed by atoms with Crippen LogP contribution in [-0.2, 0) is 6.42 Å². The van der Waals surface area contributed by atoms with Crippen molar-refractivity contribution in [3.8, 4) is 5.69 Å². The summed E-state index contributed by atoms with van der Waals surface area (Å²) in [6.07, 6.45) is 9.10. The van der Waals surface area contributed by atoms with Gasteiger partial charge < -0.3 is 5.32 Å². The number of nitrogens with one attached hydrogen (secondary N) is 1. The normalized spacial score (nSPS) is 14.8. The molecule has 1 aromatic heterocycles. The van der Waals surface area contributed by atoms with E-state index < -0.39 is 0 Å². The Hall–Kier alpha value is -1.13. The Balaban J connectivity index is 1.54. The van der Waals surface area contributed by atoms with E-state index in [1.54, 1.807) is 0 Å². The first kappa shape index (κ1) is 12.9. The van der Waals surface area contributed by atoms with Gasteiger partial charge in [-0.05, 0) is 62.1 Å². The smallest absolute Gasteiger partial charge is 0.0646 e. The van der Waals surface area contributed by atoms with Gasteiger partial charge in [0.05, 0.1) is 11.9 Å². The topological polar surface area (TPSA) is 29.9 Å².